The molecule has 4 rings (SSSR count). The number of fused-ring (bicyclic) bond motifs is 4. The highest BCUT2D eigenvalue weighted by atomic mass is 16.5. The van der Waals surface area contributed by atoms with Gasteiger partial charge in [-0.3, -0.25) is 4.79 Å². The molecule has 4 N–H and O–H groups in total. The van der Waals surface area contributed by atoms with E-state index < -0.39 is 5.41 Å². The number of benzene rings is 2. The normalized spacial score (nSPS) is 21.4. The van der Waals surface area contributed by atoms with Crippen LogP contribution in [0, 0.1) is 0 Å². The van der Waals surface area contributed by atoms with Crippen LogP contribution in [-0.4, -0.2) is 35.8 Å². The summed E-state index contributed by atoms with van der Waals surface area (Å²) in [5.41, 5.74) is 6.88. The lowest BCUT2D eigenvalue weighted by atomic mass is 9.77. The third-order valence-corrected chi connectivity index (χ3v) is 4.60. The number of ether oxygens (including phenoxy) is 1. The summed E-state index contributed by atoms with van der Waals surface area (Å²) in [5.74, 6) is -0.236. The number of hydrogen-bond acceptors (Lipinski definition) is 5. The fraction of sp³-hybridized carbons (Fsp3) is 0.235. The quantitative estimate of drug-likeness (QED) is 0.721. The number of amides is 1. The maximum Gasteiger partial charge on any atom is 0.245 e. The van der Waals surface area contributed by atoms with Crippen molar-refractivity contribution in [1.82, 2.24) is 0 Å². The van der Waals surface area contributed by atoms with Gasteiger partial charge in [0.05, 0.1) is 0 Å². The summed E-state index contributed by atoms with van der Waals surface area (Å²) in [6, 6.07) is 10.3. The minimum absolute atomic E-state index is 0.118. The molecular formula is C17H16N2O4. The van der Waals surface area contributed by atoms with Gasteiger partial charge in [0.25, 0.3) is 0 Å². The molecule has 2 aliphatic heterocycles. The second-order valence-electron chi connectivity index (χ2n) is 5.79. The lowest BCUT2D eigenvalue weighted by Crippen LogP contribution is -2.44. The minimum Gasteiger partial charge on any atom is -0.504 e. The SMILES string of the molecule is NCCN1C(=O)C2(COc3cc(O)c(O)cc32)c2ccccc21. The van der Waals surface area contributed by atoms with Crippen molar-refractivity contribution in [3.05, 3.63) is 47.5 Å². The first kappa shape index (κ1) is 13.9. The number of para-hydroxylation sites is 1. The van der Waals surface area contributed by atoms with E-state index in [1.165, 1.54) is 12.1 Å². The number of phenolic OH excluding ortho intramolecular Hbond substituents is 2. The van der Waals surface area contributed by atoms with Crippen molar-refractivity contribution in [1.29, 1.82) is 0 Å². The molecule has 1 unspecified atom stereocenters. The molecule has 23 heavy (non-hydrogen) atoms. The highest BCUT2D eigenvalue weighted by Crippen LogP contribution is 2.53. The summed E-state index contributed by atoms with van der Waals surface area (Å²) in [4.78, 5) is 14.8. The number of rotatable bonds is 2. The smallest absolute Gasteiger partial charge is 0.245 e. The summed E-state index contributed by atoms with van der Waals surface area (Å²) < 4.78 is 5.68. The highest BCUT2D eigenvalue weighted by Gasteiger charge is 2.56. The lowest BCUT2D eigenvalue weighted by Gasteiger charge is -2.22. The first-order chi connectivity index (χ1) is 11.1. The second-order valence-corrected chi connectivity index (χ2v) is 5.79. The van der Waals surface area contributed by atoms with Gasteiger partial charge in [-0.05, 0) is 17.7 Å². The standard InChI is InChI=1S/C17H16N2O4/c18-5-6-19-12-4-2-1-3-10(12)17(16(19)22)9-23-15-8-14(21)13(20)7-11(15)17/h1-4,7-8,20-21H,5-6,9,18H2. The largest absolute Gasteiger partial charge is 0.504 e. The monoisotopic (exact) mass is 312 g/mol. The van der Waals surface area contributed by atoms with Crippen LogP contribution in [0.2, 0.25) is 0 Å². The molecule has 0 saturated heterocycles. The second kappa shape index (κ2) is 4.63. The Bertz CT molecular complexity index is 820. The van der Waals surface area contributed by atoms with Crippen molar-refractivity contribution >= 4 is 11.6 Å². The van der Waals surface area contributed by atoms with Gasteiger partial charge in [-0.1, -0.05) is 18.2 Å². The van der Waals surface area contributed by atoms with Crippen molar-refractivity contribution in [2.45, 2.75) is 5.41 Å². The van der Waals surface area contributed by atoms with Crippen LogP contribution in [0.25, 0.3) is 0 Å². The zero-order valence-electron chi connectivity index (χ0n) is 12.3. The first-order valence-electron chi connectivity index (χ1n) is 7.40. The van der Waals surface area contributed by atoms with Gasteiger partial charge in [0.2, 0.25) is 5.91 Å². The third kappa shape index (κ3) is 1.64. The molecule has 2 aliphatic rings. The molecule has 6 nitrogen and oxygen atoms in total. The van der Waals surface area contributed by atoms with Gasteiger partial charge in [0.15, 0.2) is 11.5 Å². The number of hydrogen-bond donors (Lipinski definition) is 3. The van der Waals surface area contributed by atoms with Crippen LogP contribution in [-0.2, 0) is 10.2 Å². The van der Waals surface area contributed by atoms with Crippen molar-refractivity contribution < 1.29 is 19.7 Å². The Morgan fingerprint density at radius 1 is 1.17 bits per heavy atom. The van der Waals surface area contributed by atoms with Gasteiger partial charge in [0.1, 0.15) is 17.8 Å². The fourth-order valence-electron chi connectivity index (χ4n) is 3.55. The van der Waals surface area contributed by atoms with Crippen LogP contribution in [0.1, 0.15) is 11.1 Å². The molecule has 0 radical (unpaired) electrons. The van der Waals surface area contributed by atoms with Gasteiger partial charge >= 0.3 is 0 Å². The number of nitrogens with two attached hydrogens (primary N) is 1. The topological polar surface area (TPSA) is 96.0 Å². The Balaban J connectivity index is 1.97. The molecule has 0 fully saturated rings. The van der Waals surface area contributed by atoms with Crippen LogP contribution in [0.15, 0.2) is 36.4 Å². The number of carbonyl (C=O) groups excluding carboxylic acids is 1. The number of phenols is 2. The minimum atomic E-state index is -0.994. The van der Waals surface area contributed by atoms with Crippen LogP contribution >= 0.6 is 0 Å². The van der Waals surface area contributed by atoms with E-state index in [0.29, 0.717) is 24.4 Å². The molecule has 2 aromatic carbocycles. The molecule has 2 aromatic rings. The highest BCUT2D eigenvalue weighted by molar-refractivity contribution is 6.11. The number of carbonyl (C=O) groups is 1. The number of aromatic hydroxyl groups is 2. The summed E-state index contributed by atoms with van der Waals surface area (Å²) >= 11 is 0. The summed E-state index contributed by atoms with van der Waals surface area (Å²) in [5, 5.41) is 19.6. The Morgan fingerprint density at radius 2 is 1.91 bits per heavy atom. The average molecular weight is 312 g/mol. The molecule has 0 bridgehead atoms. The Kier molecular flexibility index (Phi) is 2.80. The van der Waals surface area contributed by atoms with E-state index in [4.69, 9.17) is 10.5 Å². The van der Waals surface area contributed by atoms with E-state index in [9.17, 15) is 15.0 Å². The van der Waals surface area contributed by atoms with E-state index in [1.54, 1.807) is 4.90 Å². The van der Waals surface area contributed by atoms with Crippen LogP contribution in [0.5, 0.6) is 17.2 Å². The Labute approximate surface area is 132 Å². The van der Waals surface area contributed by atoms with Crippen LogP contribution in [0.4, 0.5) is 5.69 Å². The average Bonchev–Trinajstić information content (AvgIpc) is 3.02. The fourth-order valence-corrected chi connectivity index (χ4v) is 3.55. The predicted molar refractivity (Wildman–Crippen MR) is 83.9 cm³/mol. The van der Waals surface area contributed by atoms with Crippen molar-refractivity contribution in [3.63, 3.8) is 0 Å². The molecule has 118 valence electrons. The van der Waals surface area contributed by atoms with E-state index in [-0.39, 0.29) is 24.0 Å². The Hall–Kier alpha value is -2.73. The molecule has 1 amide bonds. The zero-order chi connectivity index (χ0) is 16.2. The summed E-state index contributed by atoms with van der Waals surface area (Å²) in [6.07, 6.45) is 0. The van der Waals surface area contributed by atoms with Gasteiger partial charge in [-0.2, -0.15) is 0 Å². The summed E-state index contributed by atoms with van der Waals surface area (Å²) in [6.45, 7) is 0.907. The molecule has 6 heteroatoms. The van der Waals surface area contributed by atoms with Crippen molar-refractivity contribution in [2.24, 2.45) is 5.73 Å². The zero-order valence-corrected chi connectivity index (χ0v) is 12.3. The molecular weight excluding hydrogens is 296 g/mol. The molecule has 0 aliphatic carbocycles. The maximum absolute atomic E-state index is 13.2. The van der Waals surface area contributed by atoms with Gasteiger partial charge in [-0.25, -0.2) is 0 Å². The Morgan fingerprint density at radius 3 is 2.70 bits per heavy atom. The van der Waals surface area contributed by atoms with Gasteiger partial charge in [0, 0.05) is 30.4 Å². The van der Waals surface area contributed by atoms with Crippen molar-refractivity contribution in [2.75, 3.05) is 24.6 Å². The van der Waals surface area contributed by atoms with Crippen LogP contribution < -0.4 is 15.4 Å². The third-order valence-electron chi connectivity index (χ3n) is 4.60. The van der Waals surface area contributed by atoms with Crippen molar-refractivity contribution in [3.8, 4) is 17.2 Å². The number of nitrogens with zero attached hydrogens (tertiary/aromatic N) is 1. The van der Waals surface area contributed by atoms with E-state index >= 15 is 0 Å². The maximum atomic E-state index is 13.2. The molecule has 1 atom stereocenters. The van der Waals surface area contributed by atoms with Gasteiger partial charge in [-0.15, -0.1) is 0 Å². The lowest BCUT2D eigenvalue weighted by molar-refractivity contribution is -0.122. The van der Waals surface area contributed by atoms with Gasteiger partial charge < -0.3 is 25.6 Å². The molecule has 2 heterocycles. The van der Waals surface area contributed by atoms with E-state index in [1.807, 2.05) is 24.3 Å². The van der Waals surface area contributed by atoms with Crippen LogP contribution in [0.3, 0.4) is 0 Å². The van der Waals surface area contributed by atoms with E-state index in [2.05, 4.69) is 0 Å². The number of anilines is 1. The van der Waals surface area contributed by atoms with E-state index in [0.717, 1.165) is 11.3 Å². The first-order valence-corrected chi connectivity index (χ1v) is 7.40. The summed E-state index contributed by atoms with van der Waals surface area (Å²) in [7, 11) is 0. The molecule has 1 spiro atoms. The molecule has 0 aromatic heterocycles. The predicted octanol–water partition coefficient (Wildman–Crippen LogP) is 1.08. The molecule has 0 saturated carbocycles.